The molecule has 1 aliphatic heterocycles. The van der Waals surface area contributed by atoms with Crippen LogP contribution in [-0.2, 0) is 0 Å². The lowest BCUT2D eigenvalue weighted by Crippen LogP contribution is -2.53. The molecule has 1 fully saturated rings. The second-order valence-electron chi connectivity index (χ2n) is 2.72. The predicted molar refractivity (Wildman–Crippen MR) is 42.5 cm³/mol. The van der Waals surface area contributed by atoms with Crippen molar-refractivity contribution in [2.45, 2.75) is 29.0 Å². The molecule has 12 heavy (non-hydrogen) atoms. The van der Waals surface area contributed by atoms with E-state index in [0.29, 0.717) is 0 Å². The Morgan fingerprint density at radius 2 is 1.50 bits per heavy atom. The largest absolute Gasteiger partial charge is 0.395 e. The van der Waals surface area contributed by atoms with Crippen molar-refractivity contribution in [2.75, 3.05) is 6.61 Å². The number of aliphatic hydroxyl groups is 5. The van der Waals surface area contributed by atoms with E-state index in [1.54, 1.807) is 0 Å². The van der Waals surface area contributed by atoms with Crippen molar-refractivity contribution in [3.63, 3.8) is 0 Å². The molecule has 0 radical (unpaired) electrons. The van der Waals surface area contributed by atoms with Gasteiger partial charge in [0.15, 0.2) is 0 Å². The third-order valence-corrected chi connectivity index (χ3v) is 3.20. The van der Waals surface area contributed by atoms with Crippen LogP contribution in [0.1, 0.15) is 0 Å². The lowest BCUT2D eigenvalue weighted by molar-refractivity contribution is -0.0953. The van der Waals surface area contributed by atoms with Gasteiger partial charge in [0.05, 0.1) is 18.0 Å². The highest BCUT2D eigenvalue weighted by Gasteiger charge is 2.42. The maximum Gasteiger partial charge on any atom is 0.128 e. The SMILES string of the molecule is OC[C@@H]1S[C@@H](O)[C@@H](O)[C@@H](O)[C@@H]1O. The molecule has 0 aromatic heterocycles. The van der Waals surface area contributed by atoms with Crippen LogP contribution in [0.25, 0.3) is 0 Å². The van der Waals surface area contributed by atoms with E-state index in [4.69, 9.17) is 20.4 Å². The number of aliphatic hydroxyl groups excluding tert-OH is 5. The van der Waals surface area contributed by atoms with Gasteiger partial charge in [0.1, 0.15) is 17.6 Å². The van der Waals surface area contributed by atoms with Gasteiger partial charge in [-0.3, -0.25) is 0 Å². The third-order valence-electron chi connectivity index (χ3n) is 1.87. The van der Waals surface area contributed by atoms with Crippen molar-refractivity contribution in [3.05, 3.63) is 0 Å². The van der Waals surface area contributed by atoms with Crippen molar-refractivity contribution in [3.8, 4) is 0 Å². The van der Waals surface area contributed by atoms with E-state index in [-0.39, 0.29) is 6.61 Å². The molecule has 0 amide bonds. The molecular weight excluding hydrogens is 184 g/mol. The predicted octanol–water partition coefficient (Wildman–Crippen LogP) is -2.50. The number of hydrogen-bond donors (Lipinski definition) is 5. The lowest BCUT2D eigenvalue weighted by atomic mass is 10.0. The average molecular weight is 196 g/mol. The molecule has 0 unspecified atom stereocenters. The summed E-state index contributed by atoms with van der Waals surface area (Å²) in [5, 5.41) is 44.6. The van der Waals surface area contributed by atoms with Crippen LogP contribution in [0.3, 0.4) is 0 Å². The minimum atomic E-state index is -1.39. The summed E-state index contributed by atoms with van der Waals surface area (Å²) in [6.45, 7) is -0.341. The highest BCUT2D eigenvalue weighted by Crippen LogP contribution is 2.30. The molecule has 1 rings (SSSR count). The Balaban J connectivity index is 2.63. The standard InChI is InChI=1S/C6H12O5S/c7-1-2-3(8)4(9)5(10)6(11)12-2/h2-11H,1H2/t2-,3+,4-,5-,6+/m0/s1. The van der Waals surface area contributed by atoms with Crippen LogP contribution < -0.4 is 0 Å². The van der Waals surface area contributed by atoms with E-state index in [1.165, 1.54) is 0 Å². The molecule has 6 heteroatoms. The minimum Gasteiger partial charge on any atom is -0.395 e. The smallest absolute Gasteiger partial charge is 0.128 e. The molecule has 5 nitrogen and oxygen atoms in total. The molecule has 0 aromatic carbocycles. The van der Waals surface area contributed by atoms with Crippen LogP contribution in [-0.4, -0.2) is 61.1 Å². The maximum absolute atomic E-state index is 9.22. The first-order chi connectivity index (χ1) is 5.57. The summed E-state index contributed by atoms with van der Waals surface area (Å²) < 4.78 is 0. The zero-order valence-corrected chi connectivity index (χ0v) is 7.05. The Kier molecular flexibility index (Phi) is 3.33. The maximum atomic E-state index is 9.22. The molecule has 0 aliphatic carbocycles. The average Bonchev–Trinajstić information content (AvgIpc) is 2.08. The first kappa shape index (κ1) is 10.2. The van der Waals surface area contributed by atoms with Crippen LogP contribution >= 0.6 is 11.8 Å². The minimum absolute atomic E-state index is 0.341. The fourth-order valence-corrected chi connectivity index (χ4v) is 2.17. The monoisotopic (exact) mass is 196 g/mol. The van der Waals surface area contributed by atoms with Crippen molar-refractivity contribution < 1.29 is 25.5 Å². The first-order valence-corrected chi connectivity index (χ1v) is 4.50. The lowest BCUT2D eigenvalue weighted by Gasteiger charge is -2.36. The Morgan fingerprint density at radius 1 is 0.917 bits per heavy atom. The van der Waals surface area contributed by atoms with Gasteiger partial charge in [-0.25, -0.2) is 0 Å². The van der Waals surface area contributed by atoms with E-state index in [1.807, 2.05) is 0 Å². The van der Waals surface area contributed by atoms with Gasteiger partial charge in [0, 0.05) is 0 Å². The summed E-state index contributed by atoms with van der Waals surface area (Å²) >= 11 is 0.852. The summed E-state index contributed by atoms with van der Waals surface area (Å²) in [4.78, 5) is 0. The third kappa shape index (κ3) is 1.73. The fourth-order valence-electron chi connectivity index (χ4n) is 1.08. The van der Waals surface area contributed by atoms with Crippen LogP contribution in [0.2, 0.25) is 0 Å². The molecule has 0 bridgehead atoms. The van der Waals surface area contributed by atoms with Crippen LogP contribution in [0.5, 0.6) is 0 Å². The summed E-state index contributed by atoms with van der Waals surface area (Å²) in [5.41, 5.74) is -1.15. The molecule has 72 valence electrons. The summed E-state index contributed by atoms with van der Waals surface area (Å²) in [6.07, 6.45) is -3.94. The molecule has 1 aliphatic rings. The van der Waals surface area contributed by atoms with Crippen LogP contribution in [0.4, 0.5) is 0 Å². The van der Waals surface area contributed by atoms with Gasteiger partial charge < -0.3 is 25.5 Å². The first-order valence-electron chi connectivity index (χ1n) is 3.56. The van der Waals surface area contributed by atoms with Gasteiger partial charge in [-0.05, 0) is 0 Å². The summed E-state index contributed by atoms with van der Waals surface area (Å²) in [5.74, 6) is 0. The molecule has 0 spiro atoms. The summed E-state index contributed by atoms with van der Waals surface area (Å²) in [7, 11) is 0. The van der Waals surface area contributed by atoms with E-state index < -0.39 is 29.0 Å². The highest BCUT2D eigenvalue weighted by molar-refractivity contribution is 8.00. The zero-order chi connectivity index (χ0) is 9.30. The van der Waals surface area contributed by atoms with E-state index in [9.17, 15) is 5.11 Å². The number of thioether (sulfide) groups is 1. The van der Waals surface area contributed by atoms with Crippen molar-refractivity contribution in [2.24, 2.45) is 0 Å². The van der Waals surface area contributed by atoms with Crippen molar-refractivity contribution in [1.82, 2.24) is 0 Å². The highest BCUT2D eigenvalue weighted by atomic mass is 32.2. The Morgan fingerprint density at radius 3 is 2.00 bits per heavy atom. The molecule has 0 saturated carbocycles. The van der Waals surface area contributed by atoms with Crippen molar-refractivity contribution >= 4 is 11.8 Å². The number of rotatable bonds is 1. The topological polar surface area (TPSA) is 101 Å². The van der Waals surface area contributed by atoms with Gasteiger partial charge in [-0.1, -0.05) is 0 Å². The molecule has 0 aromatic rings. The summed E-state index contributed by atoms with van der Waals surface area (Å²) in [6, 6.07) is 0. The Labute approximate surface area is 73.7 Å². The van der Waals surface area contributed by atoms with Crippen molar-refractivity contribution in [1.29, 1.82) is 0 Å². The Hall–Kier alpha value is 0.150. The van der Waals surface area contributed by atoms with Gasteiger partial charge in [-0.15, -0.1) is 11.8 Å². The Bertz CT molecular complexity index is 150. The van der Waals surface area contributed by atoms with Crippen LogP contribution in [0.15, 0.2) is 0 Å². The second kappa shape index (κ2) is 3.91. The fraction of sp³-hybridized carbons (Fsp3) is 1.00. The molecule has 1 heterocycles. The van der Waals surface area contributed by atoms with Gasteiger partial charge in [0.2, 0.25) is 0 Å². The second-order valence-corrected chi connectivity index (χ2v) is 4.08. The van der Waals surface area contributed by atoms with Gasteiger partial charge in [0.25, 0.3) is 0 Å². The van der Waals surface area contributed by atoms with Gasteiger partial charge >= 0.3 is 0 Å². The van der Waals surface area contributed by atoms with E-state index >= 15 is 0 Å². The van der Waals surface area contributed by atoms with Crippen LogP contribution in [0, 0.1) is 0 Å². The molecule has 5 atom stereocenters. The quantitative estimate of drug-likeness (QED) is 0.318. The normalized spacial score (nSPS) is 49.2. The molecule has 5 N–H and O–H groups in total. The van der Waals surface area contributed by atoms with Gasteiger partial charge in [-0.2, -0.15) is 0 Å². The van der Waals surface area contributed by atoms with E-state index in [0.717, 1.165) is 11.8 Å². The molecule has 1 saturated heterocycles. The van der Waals surface area contributed by atoms with E-state index in [2.05, 4.69) is 0 Å². The zero-order valence-electron chi connectivity index (χ0n) is 6.24. The molecular formula is C6H12O5S. The number of hydrogen-bond acceptors (Lipinski definition) is 6.